The van der Waals surface area contributed by atoms with E-state index in [-0.39, 0.29) is 0 Å². The van der Waals surface area contributed by atoms with Crippen molar-refractivity contribution < 1.29 is 24.0 Å². The van der Waals surface area contributed by atoms with Gasteiger partial charge in [-0.3, -0.25) is 14.4 Å². The van der Waals surface area contributed by atoms with Crippen molar-refractivity contribution in [1.29, 1.82) is 0 Å². The van der Waals surface area contributed by atoms with Crippen molar-refractivity contribution in [1.82, 2.24) is 15.5 Å². The number of Topliss-reactive ketones (excluding diaryl/α,β-unsaturated/α-hetero) is 1. The summed E-state index contributed by atoms with van der Waals surface area (Å²) >= 11 is 0. The fraction of sp³-hybridized carbons (Fsp3) is 0.353. The molecule has 0 aliphatic carbocycles. The summed E-state index contributed by atoms with van der Waals surface area (Å²) in [6.07, 6.45) is -1.45. The van der Waals surface area contributed by atoms with Crippen molar-refractivity contribution >= 4 is 35.3 Å². The summed E-state index contributed by atoms with van der Waals surface area (Å²) in [6, 6.07) is 4.56. The minimum absolute atomic E-state index is 0.396. The van der Waals surface area contributed by atoms with Crippen LogP contribution in [-0.2, 0) is 14.4 Å². The molecule has 2 unspecified atom stereocenters. The van der Waals surface area contributed by atoms with Crippen molar-refractivity contribution in [2.75, 3.05) is 5.32 Å². The molecule has 0 radical (unpaired) electrons. The quantitative estimate of drug-likeness (QED) is 0.427. The van der Waals surface area contributed by atoms with Crippen LogP contribution in [0.15, 0.2) is 30.3 Å². The molecule has 2 rings (SSSR count). The number of carbonyl (C=O) groups is 5. The third-order valence-corrected chi connectivity index (χ3v) is 3.79. The van der Waals surface area contributed by atoms with Crippen molar-refractivity contribution in [2.24, 2.45) is 11.1 Å². The Morgan fingerprint density at radius 1 is 1.15 bits per heavy atom. The van der Waals surface area contributed by atoms with Crippen molar-refractivity contribution in [3.63, 3.8) is 0 Å². The Bertz CT molecular complexity index is 787. The van der Waals surface area contributed by atoms with Gasteiger partial charge in [0, 0.05) is 11.1 Å². The van der Waals surface area contributed by atoms with E-state index in [1.807, 2.05) is 5.32 Å². The van der Waals surface area contributed by atoms with Crippen LogP contribution in [0, 0.1) is 5.41 Å². The molecule has 1 fully saturated rings. The van der Waals surface area contributed by atoms with Crippen LogP contribution in [0.5, 0.6) is 0 Å². The summed E-state index contributed by atoms with van der Waals surface area (Å²) in [5, 5.41) is 6.75. The number of nitrogens with one attached hydrogen (secondary N) is 3. The number of rotatable bonds is 5. The first-order valence-electron chi connectivity index (χ1n) is 8.12. The van der Waals surface area contributed by atoms with E-state index in [1.54, 1.807) is 51.1 Å². The van der Waals surface area contributed by atoms with Gasteiger partial charge in [0.15, 0.2) is 18.0 Å². The molecule has 1 aromatic rings. The number of carbonyl (C=O) groups excluding carboxylic acids is 5. The highest BCUT2D eigenvalue weighted by Gasteiger charge is 2.50. The number of primary amides is 1. The molecule has 6 amide bonds. The molecule has 10 nitrogen and oxygen atoms in total. The van der Waals surface area contributed by atoms with Gasteiger partial charge < -0.3 is 21.7 Å². The molecule has 0 saturated carbocycles. The average Bonchev–Trinajstić information content (AvgIpc) is 2.82. The number of ketones is 1. The van der Waals surface area contributed by atoms with Crippen LogP contribution in [0.4, 0.5) is 15.3 Å². The monoisotopic (exact) mass is 375 g/mol. The van der Waals surface area contributed by atoms with Gasteiger partial charge in [-0.15, -0.1) is 0 Å². The van der Waals surface area contributed by atoms with Gasteiger partial charge in [-0.05, 0) is 12.1 Å². The maximum atomic E-state index is 12.9. The van der Waals surface area contributed by atoms with Gasteiger partial charge in [0.2, 0.25) is 0 Å². The third-order valence-electron chi connectivity index (χ3n) is 3.79. The van der Waals surface area contributed by atoms with E-state index in [2.05, 4.69) is 10.6 Å². The normalized spacial score (nSPS) is 17.9. The summed E-state index contributed by atoms with van der Waals surface area (Å²) < 4.78 is 0. The van der Waals surface area contributed by atoms with Gasteiger partial charge in [0.25, 0.3) is 11.8 Å². The number of anilines is 1. The minimum atomic E-state index is -1.71. The van der Waals surface area contributed by atoms with E-state index in [1.165, 1.54) is 0 Å². The Hall–Kier alpha value is -3.43. The molecule has 1 aliphatic rings. The zero-order valence-corrected chi connectivity index (χ0v) is 15.1. The van der Waals surface area contributed by atoms with E-state index in [4.69, 9.17) is 5.73 Å². The van der Waals surface area contributed by atoms with Crippen LogP contribution in [0.2, 0.25) is 0 Å². The second-order valence-electron chi connectivity index (χ2n) is 6.97. The molecule has 1 aliphatic heterocycles. The first kappa shape index (κ1) is 19.9. The maximum absolute atomic E-state index is 12.9. The molecular formula is C17H21N5O5. The molecule has 144 valence electrons. The van der Waals surface area contributed by atoms with Crippen molar-refractivity contribution in [3.8, 4) is 0 Å². The van der Waals surface area contributed by atoms with Crippen LogP contribution in [0.1, 0.15) is 20.8 Å². The SMILES string of the molecule is CC(C)(C)C(=O)C(C(=O)Nc1ccccc1)N1C(=O)NC(NC(N)=O)C1=O. The first-order valence-corrected chi connectivity index (χ1v) is 8.12. The van der Waals surface area contributed by atoms with E-state index >= 15 is 0 Å². The molecular weight excluding hydrogens is 354 g/mol. The molecule has 1 heterocycles. The molecule has 0 spiro atoms. The summed E-state index contributed by atoms with van der Waals surface area (Å²) in [7, 11) is 0. The topological polar surface area (TPSA) is 151 Å². The first-order chi connectivity index (χ1) is 12.5. The van der Waals surface area contributed by atoms with Crippen molar-refractivity contribution in [3.05, 3.63) is 30.3 Å². The van der Waals surface area contributed by atoms with Crippen LogP contribution in [0.3, 0.4) is 0 Å². The van der Waals surface area contributed by atoms with Gasteiger partial charge in [-0.25, -0.2) is 14.5 Å². The maximum Gasteiger partial charge on any atom is 0.327 e. The lowest BCUT2D eigenvalue weighted by atomic mass is 9.85. The molecule has 1 aromatic carbocycles. The molecule has 0 bridgehead atoms. The highest BCUT2D eigenvalue weighted by atomic mass is 16.2. The van der Waals surface area contributed by atoms with E-state index in [0.717, 1.165) is 0 Å². The molecule has 10 heteroatoms. The Morgan fingerprint density at radius 2 is 1.74 bits per heavy atom. The number of hydrogen-bond donors (Lipinski definition) is 4. The van der Waals surface area contributed by atoms with Gasteiger partial charge in [0.05, 0.1) is 0 Å². The number of imide groups is 1. The van der Waals surface area contributed by atoms with Gasteiger partial charge >= 0.3 is 12.1 Å². The summed E-state index contributed by atoms with van der Waals surface area (Å²) in [4.78, 5) is 61.9. The van der Waals surface area contributed by atoms with Gasteiger partial charge in [-0.1, -0.05) is 39.0 Å². The zero-order valence-electron chi connectivity index (χ0n) is 15.1. The van der Waals surface area contributed by atoms with Crippen LogP contribution < -0.4 is 21.7 Å². The summed E-state index contributed by atoms with van der Waals surface area (Å²) in [5.41, 5.74) is 4.35. The minimum Gasteiger partial charge on any atom is -0.352 e. The molecule has 1 saturated heterocycles. The largest absolute Gasteiger partial charge is 0.352 e. The van der Waals surface area contributed by atoms with Crippen molar-refractivity contribution in [2.45, 2.75) is 33.0 Å². The lowest BCUT2D eigenvalue weighted by Gasteiger charge is -2.28. The molecule has 0 aromatic heterocycles. The lowest BCUT2D eigenvalue weighted by Crippen LogP contribution is -2.56. The number of nitrogens with two attached hydrogens (primary N) is 1. The van der Waals surface area contributed by atoms with E-state index in [9.17, 15) is 24.0 Å². The summed E-state index contributed by atoms with van der Waals surface area (Å²) in [5.74, 6) is -2.44. The molecule has 27 heavy (non-hydrogen) atoms. The van der Waals surface area contributed by atoms with E-state index < -0.39 is 47.3 Å². The lowest BCUT2D eigenvalue weighted by molar-refractivity contribution is -0.143. The Balaban J connectivity index is 2.36. The smallest absolute Gasteiger partial charge is 0.327 e. The zero-order chi connectivity index (χ0) is 20.4. The van der Waals surface area contributed by atoms with Crippen LogP contribution in [-0.4, -0.2) is 46.8 Å². The Labute approximate surface area is 155 Å². The second kappa shape index (κ2) is 7.44. The Kier molecular flexibility index (Phi) is 5.48. The van der Waals surface area contributed by atoms with Crippen LogP contribution >= 0.6 is 0 Å². The fourth-order valence-electron chi connectivity index (χ4n) is 2.47. The number of nitrogens with zero attached hydrogens (tertiary/aromatic N) is 1. The van der Waals surface area contributed by atoms with Gasteiger partial charge in [-0.2, -0.15) is 0 Å². The predicted octanol–water partition coefficient (Wildman–Crippen LogP) is 0.155. The molecule has 2 atom stereocenters. The Morgan fingerprint density at radius 3 is 2.26 bits per heavy atom. The highest BCUT2D eigenvalue weighted by molar-refractivity contribution is 6.19. The summed E-state index contributed by atoms with van der Waals surface area (Å²) in [6.45, 7) is 4.70. The number of urea groups is 2. The third kappa shape index (κ3) is 4.40. The standard InChI is InChI=1S/C17H21N5O5/c1-17(2,3)11(23)10(13(24)19-9-7-5-4-6-8-9)22-14(25)12(20-15(18)26)21-16(22)27/h4-8,10,12H,1-3H3,(H,19,24)(H,21,27)(H3,18,20,26). The number of para-hydroxylation sites is 1. The van der Waals surface area contributed by atoms with Crippen LogP contribution in [0.25, 0.3) is 0 Å². The fourth-order valence-corrected chi connectivity index (χ4v) is 2.47. The number of hydrogen-bond acceptors (Lipinski definition) is 5. The number of amides is 6. The van der Waals surface area contributed by atoms with Gasteiger partial charge in [0.1, 0.15) is 0 Å². The number of benzene rings is 1. The van der Waals surface area contributed by atoms with E-state index in [0.29, 0.717) is 10.6 Å². The molecule has 5 N–H and O–H groups in total. The second-order valence-corrected chi connectivity index (χ2v) is 6.97. The predicted molar refractivity (Wildman–Crippen MR) is 95.2 cm³/mol. The average molecular weight is 375 g/mol. The highest BCUT2D eigenvalue weighted by Crippen LogP contribution is 2.23.